The lowest BCUT2D eigenvalue weighted by Gasteiger charge is -2.08. The maximum atomic E-state index is 12.7. The molecule has 4 aromatic rings. The molecule has 2 aromatic carbocycles. The average Bonchev–Trinajstić information content (AvgIpc) is 3.44. The number of nitrogens with zero attached hydrogens (tertiary/aromatic N) is 2. The van der Waals surface area contributed by atoms with Crippen LogP contribution < -0.4 is 0 Å². The molecule has 0 saturated heterocycles. The Kier molecular flexibility index (Phi) is 4.79. The Hall–Kier alpha value is -4.00. The number of hydrogen-bond donors (Lipinski definition) is 0. The third-order valence-electron chi connectivity index (χ3n) is 3.95. The van der Waals surface area contributed by atoms with Crippen molar-refractivity contribution in [3.63, 3.8) is 0 Å². The van der Waals surface area contributed by atoms with Gasteiger partial charge in [0.15, 0.2) is 18.2 Å². The highest BCUT2D eigenvalue weighted by Gasteiger charge is 2.20. The molecule has 0 saturated carbocycles. The molecule has 138 valence electrons. The number of hydrogen-bond acceptors (Lipinski definition) is 7. The minimum atomic E-state index is -0.655. The zero-order chi connectivity index (χ0) is 19.3. The molecule has 0 radical (unpaired) electrons. The quantitative estimate of drug-likeness (QED) is 0.373. The standard InChI is InChI=1S/C21H14N2O5/c24-19(14-7-2-1-3-8-14)15-9-4-5-10-16(15)21(25)27-13-18-22-23-20(28-18)17-11-6-12-26-17/h1-12H,13H2. The molecule has 0 fully saturated rings. The number of benzene rings is 2. The Morgan fingerprint density at radius 2 is 1.61 bits per heavy atom. The molecule has 0 aliphatic rings. The van der Waals surface area contributed by atoms with E-state index in [1.54, 1.807) is 60.7 Å². The van der Waals surface area contributed by atoms with E-state index in [0.29, 0.717) is 11.3 Å². The van der Waals surface area contributed by atoms with Gasteiger partial charge < -0.3 is 13.6 Å². The zero-order valence-electron chi connectivity index (χ0n) is 14.6. The maximum Gasteiger partial charge on any atom is 0.339 e. The molecule has 2 aromatic heterocycles. The first-order valence-electron chi connectivity index (χ1n) is 8.44. The minimum absolute atomic E-state index is 0.117. The summed E-state index contributed by atoms with van der Waals surface area (Å²) in [5, 5.41) is 7.66. The van der Waals surface area contributed by atoms with Crippen LogP contribution in [0.1, 0.15) is 32.2 Å². The maximum absolute atomic E-state index is 12.7. The van der Waals surface area contributed by atoms with Gasteiger partial charge in [-0.05, 0) is 18.2 Å². The van der Waals surface area contributed by atoms with E-state index in [0.717, 1.165) is 0 Å². The lowest BCUT2D eigenvalue weighted by Crippen LogP contribution is -2.12. The largest absolute Gasteiger partial charge is 0.459 e. The van der Waals surface area contributed by atoms with Gasteiger partial charge in [0.25, 0.3) is 11.8 Å². The average molecular weight is 374 g/mol. The highest BCUT2D eigenvalue weighted by atomic mass is 16.5. The smallest absolute Gasteiger partial charge is 0.339 e. The Morgan fingerprint density at radius 1 is 0.857 bits per heavy atom. The summed E-state index contributed by atoms with van der Waals surface area (Å²) in [6, 6.07) is 18.6. The predicted molar refractivity (Wildman–Crippen MR) is 97.4 cm³/mol. The van der Waals surface area contributed by atoms with E-state index in [2.05, 4.69) is 10.2 Å². The lowest BCUT2D eigenvalue weighted by molar-refractivity contribution is 0.0436. The topological polar surface area (TPSA) is 95.4 Å². The van der Waals surface area contributed by atoms with Gasteiger partial charge in [0.1, 0.15) is 0 Å². The van der Waals surface area contributed by atoms with Gasteiger partial charge >= 0.3 is 5.97 Å². The zero-order valence-corrected chi connectivity index (χ0v) is 14.6. The van der Waals surface area contributed by atoms with Gasteiger partial charge in [-0.2, -0.15) is 0 Å². The van der Waals surface area contributed by atoms with Crippen LogP contribution in [0.5, 0.6) is 0 Å². The van der Waals surface area contributed by atoms with E-state index < -0.39 is 5.97 Å². The molecule has 4 rings (SSSR count). The van der Waals surface area contributed by atoms with E-state index in [4.69, 9.17) is 13.6 Å². The molecule has 0 N–H and O–H groups in total. The SMILES string of the molecule is O=C(OCc1nnc(-c2ccco2)o1)c1ccccc1C(=O)c1ccccc1. The number of carbonyl (C=O) groups is 2. The van der Waals surface area contributed by atoms with Crippen LogP contribution in [0.25, 0.3) is 11.7 Å². The van der Waals surface area contributed by atoms with Crippen molar-refractivity contribution >= 4 is 11.8 Å². The number of carbonyl (C=O) groups excluding carboxylic acids is 2. The fraction of sp³-hybridized carbons (Fsp3) is 0.0476. The second-order valence-corrected chi connectivity index (χ2v) is 5.80. The van der Waals surface area contributed by atoms with Crippen molar-refractivity contribution < 1.29 is 23.2 Å². The molecule has 0 aliphatic carbocycles. The molecule has 0 amide bonds. The van der Waals surface area contributed by atoms with Gasteiger partial charge in [-0.25, -0.2) is 4.79 Å². The number of aromatic nitrogens is 2. The van der Waals surface area contributed by atoms with Crippen LogP contribution in [0.2, 0.25) is 0 Å². The van der Waals surface area contributed by atoms with Gasteiger partial charge in [-0.1, -0.05) is 48.5 Å². The van der Waals surface area contributed by atoms with Crippen molar-refractivity contribution in [1.29, 1.82) is 0 Å². The van der Waals surface area contributed by atoms with E-state index in [1.807, 2.05) is 6.07 Å². The second kappa shape index (κ2) is 7.71. The van der Waals surface area contributed by atoms with Crippen LogP contribution in [-0.4, -0.2) is 21.9 Å². The van der Waals surface area contributed by atoms with Gasteiger partial charge in [0.2, 0.25) is 0 Å². The van der Waals surface area contributed by atoms with E-state index in [1.165, 1.54) is 6.26 Å². The molecule has 0 aliphatic heterocycles. The minimum Gasteiger partial charge on any atom is -0.459 e. The van der Waals surface area contributed by atoms with E-state index in [-0.39, 0.29) is 35.3 Å². The van der Waals surface area contributed by atoms with Gasteiger partial charge in [-0.15, -0.1) is 10.2 Å². The molecule has 0 atom stereocenters. The monoisotopic (exact) mass is 374 g/mol. The molecule has 7 heteroatoms. The highest BCUT2D eigenvalue weighted by Crippen LogP contribution is 2.19. The van der Waals surface area contributed by atoms with Crippen molar-refractivity contribution in [1.82, 2.24) is 10.2 Å². The molecule has 0 bridgehead atoms. The summed E-state index contributed by atoms with van der Waals surface area (Å²) >= 11 is 0. The van der Waals surface area contributed by atoms with Crippen LogP contribution in [0.15, 0.2) is 81.8 Å². The van der Waals surface area contributed by atoms with Crippen LogP contribution in [-0.2, 0) is 11.3 Å². The second-order valence-electron chi connectivity index (χ2n) is 5.80. The Labute approximate surface area is 159 Å². The van der Waals surface area contributed by atoms with Crippen molar-refractivity contribution in [2.45, 2.75) is 6.61 Å². The Bertz CT molecular complexity index is 1100. The van der Waals surface area contributed by atoms with E-state index >= 15 is 0 Å². The first-order chi connectivity index (χ1) is 13.7. The molecule has 0 spiro atoms. The summed E-state index contributed by atoms with van der Waals surface area (Å²) in [7, 11) is 0. The van der Waals surface area contributed by atoms with Gasteiger partial charge in [-0.3, -0.25) is 4.79 Å². The van der Waals surface area contributed by atoms with Gasteiger partial charge in [0, 0.05) is 11.1 Å². The lowest BCUT2D eigenvalue weighted by atomic mass is 9.98. The van der Waals surface area contributed by atoms with Crippen molar-refractivity contribution in [3.8, 4) is 11.7 Å². The predicted octanol–water partition coefficient (Wildman–Crippen LogP) is 3.92. The van der Waals surface area contributed by atoms with Gasteiger partial charge in [0.05, 0.1) is 11.8 Å². The third kappa shape index (κ3) is 3.59. The number of rotatable bonds is 6. The van der Waals surface area contributed by atoms with Crippen molar-refractivity contribution in [2.75, 3.05) is 0 Å². The van der Waals surface area contributed by atoms with E-state index in [9.17, 15) is 9.59 Å². The summed E-state index contributed by atoms with van der Waals surface area (Å²) in [5.41, 5.74) is 0.922. The number of ether oxygens (including phenoxy) is 1. The summed E-state index contributed by atoms with van der Waals surface area (Å²) in [6.45, 7) is -0.222. The van der Waals surface area contributed by atoms with Crippen LogP contribution in [0.3, 0.4) is 0 Å². The fourth-order valence-electron chi connectivity index (χ4n) is 2.62. The molecule has 0 unspecified atom stereocenters. The normalized spacial score (nSPS) is 10.6. The molecular formula is C21H14N2O5. The summed E-state index contributed by atoms with van der Waals surface area (Å²) in [5.74, 6) is -0.185. The van der Waals surface area contributed by atoms with Crippen molar-refractivity contribution in [2.24, 2.45) is 0 Å². The summed E-state index contributed by atoms with van der Waals surface area (Å²) in [4.78, 5) is 25.2. The number of ketones is 1. The fourth-order valence-corrected chi connectivity index (χ4v) is 2.62. The number of furan rings is 1. The molecule has 28 heavy (non-hydrogen) atoms. The molecule has 2 heterocycles. The molecular weight excluding hydrogens is 360 g/mol. The van der Waals surface area contributed by atoms with Crippen molar-refractivity contribution in [3.05, 3.63) is 95.6 Å². The number of esters is 1. The first-order valence-corrected chi connectivity index (χ1v) is 8.44. The Balaban J connectivity index is 1.49. The molecule has 7 nitrogen and oxygen atoms in total. The van der Waals surface area contributed by atoms with Crippen LogP contribution >= 0.6 is 0 Å². The highest BCUT2D eigenvalue weighted by molar-refractivity contribution is 6.14. The summed E-state index contributed by atoms with van der Waals surface area (Å²) < 4.78 is 15.8. The first kappa shape index (κ1) is 17.4. The Morgan fingerprint density at radius 3 is 2.36 bits per heavy atom. The van der Waals surface area contributed by atoms with Crippen LogP contribution in [0.4, 0.5) is 0 Å². The van der Waals surface area contributed by atoms with Crippen LogP contribution in [0, 0.1) is 0 Å². The summed E-state index contributed by atoms with van der Waals surface area (Å²) in [6.07, 6.45) is 1.49. The third-order valence-corrected chi connectivity index (χ3v) is 3.95.